The van der Waals surface area contributed by atoms with Crippen molar-refractivity contribution in [1.29, 1.82) is 0 Å². The number of halogens is 3. The van der Waals surface area contributed by atoms with Crippen LogP contribution in [0.4, 0.5) is 5.69 Å². The van der Waals surface area contributed by atoms with Crippen molar-refractivity contribution in [3.05, 3.63) is 44.0 Å². The van der Waals surface area contributed by atoms with Crippen molar-refractivity contribution in [3.63, 3.8) is 0 Å². The van der Waals surface area contributed by atoms with Gasteiger partial charge in [0.15, 0.2) is 5.96 Å². The second kappa shape index (κ2) is 9.59. The number of ether oxygens (including phenoxy) is 1. The van der Waals surface area contributed by atoms with Crippen LogP contribution in [-0.2, 0) is 6.42 Å². The third-order valence-corrected chi connectivity index (χ3v) is 4.67. The van der Waals surface area contributed by atoms with E-state index < -0.39 is 0 Å². The molecule has 0 amide bonds. The van der Waals surface area contributed by atoms with E-state index in [4.69, 9.17) is 22.1 Å². The van der Waals surface area contributed by atoms with Gasteiger partial charge in [0.05, 0.1) is 15.9 Å². The van der Waals surface area contributed by atoms with Gasteiger partial charge in [0.25, 0.3) is 0 Å². The average Bonchev–Trinajstić information content (AvgIpc) is 2.84. The topological polar surface area (TPSA) is 59.6 Å². The molecule has 0 bridgehead atoms. The van der Waals surface area contributed by atoms with Crippen molar-refractivity contribution in [3.8, 4) is 5.75 Å². The molecular weight excluding hydrogens is 501 g/mol. The van der Waals surface area contributed by atoms with E-state index in [2.05, 4.69) is 32.3 Å². The molecule has 3 N–H and O–H groups in total. The van der Waals surface area contributed by atoms with Crippen LogP contribution in [0.25, 0.3) is 0 Å². The summed E-state index contributed by atoms with van der Waals surface area (Å²) in [6.45, 7) is 0.635. The fourth-order valence-corrected chi connectivity index (χ4v) is 3.43. The Morgan fingerprint density at radius 1 is 1.41 bits per heavy atom. The lowest BCUT2D eigenvalue weighted by atomic mass is 10.3. The van der Waals surface area contributed by atoms with Gasteiger partial charge in [-0.15, -0.1) is 35.3 Å². The first-order valence-electron chi connectivity index (χ1n) is 6.23. The molecule has 0 atom stereocenters. The minimum absolute atomic E-state index is 0. The van der Waals surface area contributed by atoms with Gasteiger partial charge in [0, 0.05) is 23.5 Å². The number of benzene rings is 1. The van der Waals surface area contributed by atoms with Crippen LogP contribution in [0.1, 0.15) is 4.88 Å². The summed E-state index contributed by atoms with van der Waals surface area (Å²) < 4.78 is 6.22. The molecule has 0 spiro atoms. The molecule has 120 valence electrons. The molecule has 1 heterocycles. The highest BCUT2D eigenvalue weighted by Gasteiger charge is 2.02. The van der Waals surface area contributed by atoms with Crippen molar-refractivity contribution in [2.45, 2.75) is 6.42 Å². The lowest BCUT2D eigenvalue weighted by molar-refractivity contribution is 0.415. The second-order valence-electron chi connectivity index (χ2n) is 4.20. The van der Waals surface area contributed by atoms with Crippen LogP contribution in [0.2, 0.25) is 5.02 Å². The van der Waals surface area contributed by atoms with Crippen LogP contribution in [0.15, 0.2) is 39.1 Å². The van der Waals surface area contributed by atoms with E-state index in [1.54, 1.807) is 30.6 Å². The van der Waals surface area contributed by atoms with Crippen LogP contribution < -0.4 is 15.8 Å². The van der Waals surface area contributed by atoms with Gasteiger partial charge in [-0.3, -0.25) is 4.99 Å². The molecule has 1 aromatic heterocycles. The van der Waals surface area contributed by atoms with E-state index in [1.807, 2.05) is 12.1 Å². The van der Waals surface area contributed by atoms with Crippen molar-refractivity contribution in [2.75, 3.05) is 19.0 Å². The van der Waals surface area contributed by atoms with Crippen LogP contribution in [0.5, 0.6) is 5.75 Å². The summed E-state index contributed by atoms with van der Waals surface area (Å²) in [6.07, 6.45) is 0.863. The number of hydrogen-bond donors (Lipinski definition) is 2. The molecule has 0 aliphatic rings. The van der Waals surface area contributed by atoms with Gasteiger partial charge in [-0.05, 0) is 46.3 Å². The van der Waals surface area contributed by atoms with E-state index in [0.29, 0.717) is 23.3 Å². The van der Waals surface area contributed by atoms with Crippen LogP contribution in [-0.4, -0.2) is 19.6 Å². The molecule has 0 saturated heterocycles. The Labute approximate surface area is 164 Å². The third kappa shape index (κ3) is 5.94. The maximum absolute atomic E-state index is 6.05. The molecule has 8 heteroatoms. The first-order chi connectivity index (χ1) is 10.1. The number of anilines is 1. The smallest absolute Gasteiger partial charge is 0.193 e. The van der Waals surface area contributed by atoms with Crippen molar-refractivity contribution in [1.82, 2.24) is 0 Å². The zero-order valence-electron chi connectivity index (χ0n) is 11.8. The van der Waals surface area contributed by atoms with E-state index in [1.165, 1.54) is 4.88 Å². The number of nitrogens with two attached hydrogens (primary N) is 1. The van der Waals surface area contributed by atoms with Crippen LogP contribution in [0, 0.1) is 0 Å². The molecule has 4 nitrogen and oxygen atoms in total. The van der Waals surface area contributed by atoms with Crippen LogP contribution in [0.3, 0.4) is 0 Å². The van der Waals surface area contributed by atoms with E-state index in [-0.39, 0.29) is 24.0 Å². The second-order valence-corrected chi connectivity index (χ2v) is 7.15. The predicted molar refractivity (Wildman–Crippen MR) is 109 cm³/mol. The van der Waals surface area contributed by atoms with Gasteiger partial charge in [-0.2, -0.15) is 0 Å². The van der Waals surface area contributed by atoms with Crippen molar-refractivity contribution >= 4 is 74.5 Å². The molecule has 0 aliphatic heterocycles. The molecule has 0 radical (unpaired) electrons. The standard InChI is InChI=1S/C14H15BrClN3OS.HI/c1-20-12-4-2-9(8-11(12)16)19-14(17)18-7-6-10-3-5-13(15)21-10;/h2-5,8H,6-7H2,1H3,(H3,17,18,19);1H. The zero-order valence-corrected chi connectivity index (χ0v) is 17.3. The maximum Gasteiger partial charge on any atom is 0.193 e. The van der Waals surface area contributed by atoms with E-state index >= 15 is 0 Å². The van der Waals surface area contributed by atoms with Crippen LogP contribution >= 0.6 is 62.8 Å². The number of nitrogens with zero attached hydrogens (tertiary/aromatic N) is 1. The average molecular weight is 517 g/mol. The molecule has 0 unspecified atom stereocenters. The van der Waals surface area contributed by atoms with Crippen molar-refractivity contribution < 1.29 is 4.74 Å². The summed E-state index contributed by atoms with van der Waals surface area (Å²) in [6, 6.07) is 9.48. The Kier molecular flexibility index (Phi) is 8.52. The van der Waals surface area contributed by atoms with Gasteiger partial charge >= 0.3 is 0 Å². The number of aliphatic imine (C=N–C) groups is 1. The summed E-state index contributed by atoms with van der Waals surface area (Å²) >= 11 is 11.2. The largest absolute Gasteiger partial charge is 0.495 e. The molecular formula is C14H16BrClIN3OS. The highest BCUT2D eigenvalue weighted by Crippen LogP contribution is 2.27. The van der Waals surface area contributed by atoms with Gasteiger partial charge < -0.3 is 15.8 Å². The van der Waals surface area contributed by atoms with Gasteiger partial charge in [-0.1, -0.05) is 11.6 Å². The van der Waals surface area contributed by atoms with E-state index in [9.17, 15) is 0 Å². The SMILES string of the molecule is COc1ccc(NC(N)=NCCc2ccc(Br)s2)cc1Cl.I. The number of hydrogen-bond acceptors (Lipinski definition) is 3. The highest BCUT2D eigenvalue weighted by atomic mass is 127. The quantitative estimate of drug-likeness (QED) is 0.342. The fraction of sp³-hybridized carbons (Fsp3) is 0.214. The Morgan fingerprint density at radius 2 is 2.18 bits per heavy atom. The summed E-state index contributed by atoms with van der Waals surface area (Å²) in [4.78, 5) is 5.57. The Balaban J connectivity index is 0.00000242. The van der Waals surface area contributed by atoms with E-state index in [0.717, 1.165) is 15.9 Å². The number of thiophene rings is 1. The minimum atomic E-state index is 0. The predicted octanol–water partition coefficient (Wildman–Crippen LogP) is 4.76. The normalized spacial score (nSPS) is 11.0. The van der Waals surface area contributed by atoms with Gasteiger partial charge in [-0.25, -0.2) is 0 Å². The third-order valence-electron chi connectivity index (χ3n) is 2.69. The molecule has 0 aliphatic carbocycles. The Bertz CT molecular complexity index is 651. The Hall–Kier alpha value is -0.510. The molecule has 1 aromatic carbocycles. The number of guanidine groups is 1. The lowest BCUT2D eigenvalue weighted by Gasteiger charge is -2.08. The fourth-order valence-electron chi connectivity index (χ4n) is 1.70. The Morgan fingerprint density at radius 3 is 2.77 bits per heavy atom. The molecule has 22 heavy (non-hydrogen) atoms. The highest BCUT2D eigenvalue weighted by molar-refractivity contribution is 14.0. The summed E-state index contributed by atoms with van der Waals surface area (Å²) in [5.41, 5.74) is 6.63. The number of rotatable bonds is 5. The number of methoxy groups -OCH3 is 1. The number of nitrogens with one attached hydrogen (secondary N) is 1. The first-order valence-corrected chi connectivity index (χ1v) is 8.22. The molecule has 0 saturated carbocycles. The maximum atomic E-state index is 6.05. The monoisotopic (exact) mass is 515 g/mol. The van der Waals surface area contributed by atoms with Gasteiger partial charge in [0.2, 0.25) is 0 Å². The molecule has 2 aromatic rings. The molecule has 2 rings (SSSR count). The summed E-state index contributed by atoms with van der Waals surface area (Å²) in [7, 11) is 1.58. The zero-order chi connectivity index (χ0) is 15.2. The van der Waals surface area contributed by atoms with Gasteiger partial charge in [0.1, 0.15) is 5.75 Å². The molecule has 0 fully saturated rings. The summed E-state index contributed by atoms with van der Waals surface area (Å²) in [5, 5.41) is 3.53. The first kappa shape index (κ1) is 19.5. The summed E-state index contributed by atoms with van der Waals surface area (Å²) in [5.74, 6) is 0.993. The van der Waals surface area contributed by atoms with Crippen molar-refractivity contribution in [2.24, 2.45) is 10.7 Å². The minimum Gasteiger partial charge on any atom is -0.495 e. The lowest BCUT2D eigenvalue weighted by Crippen LogP contribution is -2.23.